The lowest BCUT2D eigenvalue weighted by atomic mass is 10.1. The van der Waals surface area contributed by atoms with Crippen LogP contribution >= 0.6 is 27.5 Å². The highest BCUT2D eigenvalue weighted by molar-refractivity contribution is 9.10. The summed E-state index contributed by atoms with van der Waals surface area (Å²) in [5.41, 5.74) is 9.18. The molecule has 0 aliphatic heterocycles. The van der Waals surface area contributed by atoms with Crippen molar-refractivity contribution in [2.45, 2.75) is 6.92 Å². The van der Waals surface area contributed by atoms with Gasteiger partial charge >= 0.3 is 0 Å². The van der Waals surface area contributed by atoms with Crippen molar-refractivity contribution in [2.24, 2.45) is 0 Å². The van der Waals surface area contributed by atoms with Crippen molar-refractivity contribution in [1.82, 2.24) is 10.1 Å². The standard InChI is InChI=1S/C15H11BrClN3O/c1-8-10(3-2-4-13(8)18)15-19-14(20-21-15)9-5-6-12(17)11(16)7-9/h2-7H,18H2,1H3. The molecule has 0 saturated carbocycles. The fourth-order valence-electron chi connectivity index (χ4n) is 1.97. The molecule has 0 spiro atoms. The molecule has 1 aromatic heterocycles. The van der Waals surface area contributed by atoms with Gasteiger partial charge in [-0.3, -0.25) is 0 Å². The highest BCUT2D eigenvalue weighted by Gasteiger charge is 2.14. The van der Waals surface area contributed by atoms with Crippen LogP contribution in [0.5, 0.6) is 0 Å². The number of nitrogen functional groups attached to an aromatic ring is 1. The largest absolute Gasteiger partial charge is 0.398 e. The zero-order chi connectivity index (χ0) is 15.0. The fraction of sp³-hybridized carbons (Fsp3) is 0.0667. The van der Waals surface area contributed by atoms with Gasteiger partial charge in [-0.25, -0.2) is 0 Å². The maximum atomic E-state index is 5.98. The van der Waals surface area contributed by atoms with Crippen molar-refractivity contribution in [2.75, 3.05) is 5.73 Å². The van der Waals surface area contributed by atoms with E-state index in [9.17, 15) is 0 Å². The van der Waals surface area contributed by atoms with Gasteiger partial charge in [0.1, 0.15) is 0 Å². The Morgan fingerprint density at radius 1 is 1.24 bits per heavy atom. The number of anilines is 1. The molecule has 106 valence electrons. The summed E-state index contributed by atoms with van der Waals surface area (Å²) in [6.07, 6.45) is 0. The van der Waals surface area contributed by atoms with E-state index in [-0.39, 0.29) is 0 Å². The van der Waals surface area contributed by atoms with Gasteiger partial charge in [0, 0.05) is 21.3 Å². The number of rotatable bonds is 2. The molecule has 2 N–H and O–H groups in total. The third kappa shape index (κ3) is 2.66. The summed E-state index contributed by atoms with van der Waals surface area (Å²) in [7, 11) is 0. The molecule has 0 bridgehead atoms. The Hall–Kier alpha value is -1.85. The molecule has 6 heteroatoms. The van der Waals surface area contributed by atoms with Crippen LogP contribution in [0.15, 0.2) is 45.4 Å². The molecule has 3 rings (SSSR count). The number of nitrogens with zero attached hydrogens (tertiary/aromatic N) is 2. The van der Waals surface area contributed by atoms with Gasteiger partial charge in [-0.2, -0.15) is 4.98 Å². The molecule has 0 aliphatic carbocycles. The molecule has 0 atom stereocenters. The second-order valence-corrected chi connectivity index (χ2v) is 5.83. The van der Waals surface area contributed by atoms with Crippen LogP contribution in [0.4, 0.5) is 5.69 Å². The van der Waals surface area contributed by atoms with Gasteiger partial charge in [-0.1, -0.05) is 22.8 Å². The zero-order valence-electron chi connectivity index (χ0n) is 11.1. The average Bonchev–Trinajstić information content (AvgIpc) is 2.94. The Labute approximate surface area is 135 Å². The minimum Gasteiger partial charge on any atom is -0.398 e. The normalized spacial score (nSPS) is 10.8. The topological polar surface area (TPSA) is 64.9 Å². The molecule has 0 radical (unpaired) electrons. The minimum absolute atomic E-state index is 0.445. The third-order valence-electron chi connectivity index (χ3n) is 3.21. The molecular formula is C15H11BrClN3O. The van der Waals surface area contributed by atoms with Crippen LogP contribution in [0.25, 0.3) is 22.8 Å². The van der Waals surface area contributed by atoms with Gasteiger partial charge in [0.2, 0.25) is 5.82 Å². The summed E-state index contributed by atoms with van der Waals surface area (Å²) in [5, 5.41) is 4.65. The van der Waals surface area contributed by atoms with Gasteiger partial charge < -0.3 is 10.3 Å². The quantitative estimate of drug-likeness (QED) is 0.669. The number of aromatic nitrogens is 2. The van der Waals surface area contributed by atoms with Gasteiger partial charge in [0.25, 0.3) is 5.89 Å². The summed E-state index contributed by atoms with van der Waals surface area (Å²) < 4.78 is 6.13. The van der Waals surface area contributed by atoms with E-state index >= 15 is 0 Å². The minimum atomic E-state index is 0.445. The molecule has 0 fully saturated rings. The maximum Gasteiger partial charge on any atom is 0.258 e. The lowest BCUT2D eigenvalue weighted by molar-refractivity contribution is 0.432. The van der Waals surface area contributed by atoms with Crippen LogP contribution in [0.3, 0.4) is 0 Å². The van der Waals surface area contributed by atoms with E-state index in [1.165, 1.54) is 0 Å². The Morgan fingerprint density at radius 2 is 2.05 bits per heavy atom. The second kappa shape index (κ2) is 5.50. The second-order valence-electron chi connectivity index (χ2n) is 4.57. The molecule has 0 amide bonds. The molecule has 3 aromatic rings. The van der Waals surface area contributed by atoms with Gasteiger partial charge in [0.05, 0.1) is 5.02 Å². The third-order valence-corrected chi connectivity index (χ3v) is 4.42. The van der Waals surface area contributed by atoms with Crippen molar-refractivity contribution < 1.29 is 4.52 Å². The Bertz CT molecular complexity index is 816. The molecule has 1 heterocycles. The van der Waals surface area contributed by atoms with Crippen molar-refractivity contribution in [3.8, 4) is 22.8 Å². The Kier molecular flexibility index (Phi) is 3.69. The lowest BCUT2D eigenvalue weighted by Gasteiger charge is -2.03. The van der Waals surface area contributed by atoms with Gasteiger partial charge in [-0.15, -0.1) is 0 Å². The van der Waals surface area contributed by atoms with Crippen molar-refractivity contribution in [1.29, 1.82) is 0 Å². The highest BCUT2D eigenvalue weighted by atomic mass is 79.9. The van der Waals surface area contributed by atoms with Crippen LogP contribution in [-0.2, 0) is 0 Å². The molecule has 21 heavy (non-hydrogen) atoms. The fourth-order valence-corrected chi connectivity index (χ4v) is 2.47. The number of nitrogens with two attached hydrogens (primary N) is 1. The molecule has 0 saturated heterocycles. The molecule has 0 aliphatic rings. The van der Waals surface area contributed by atoms with E-state index in [1.54, 1.807) is 6.07 Å². The van der Waals surface area contributed by atoms with Crippen LogP contribution in [0.2, 0.25) is 5.02 Å². The molecule has 0 unspecified atom stereocenters. The van der Waals surface area contributed by atoms with Crippen LogP contribution < -0.4 is 5.73 Å². The summed E-state index contributed by atoms with van der Waals surface area (Å²) in [6.45, 7) is 1.92. The number of hydrogen-bond donors (Lipinski definition) is 1. The van der Waals surface area contributed by atoms with E-state index in [1.807, 2.05) is 37.3 Å². The predicted molar refractivity (Wildman–Crippen MR) is 87.0 cm³/mol. The number of halogens is 2. The zero-order valence-corrected chi connectivity index (χ0v) is 13.4. The first-order chi connectivity index (χ1) is 10.1. The average molecular weight is 365 g/mol. The summed E-state index contributed by atoms with van der Waals surface area (Å²) in [5.74, 6) is 0.949. The lowest BCUT2D eigenvalue weighted by Crippen LogP contribution is -1.92. The summed E-state index contributed by atoms with van der Waals surface area (Å²) in [4.78, 5) is 4.43. The summed E-state index contributed by atoms with van der Waals surface area (Å²) in [6, 6.07) is 11.1. The molecule has 2 aromatic carbocycles. The smallest absolute Gasteiger partial charge is 0.258 e. The van der Waals surface area contributed by atoms with Crippen LogP contribution in [0, 0.1) is 6.92 Å². The van der Waals surface area contributed by atoms with Gasteiger partial charge in [-0.05, 0) is 58.7 Å². The number of hydrogen-bond acceptors (Lipinski definition) is 4. The predicted octanol–water partition coefficient (Wildman–Crippen LogP) is 4.71. The van der Waals surface area contributed by atoms with Crippen molar-refractivity contribution in [3.05, 3.63) is 51.5 Å². The molecule has 4 nitrogen and oxygen atoms in total. The maximum absolute atomic E-state index is 5.98. The van der Waals surface area contributed by atoms with Crippen molar-refractivity contribution in [3.63, 3.8) is 0 Å². The first-order valence-electron chi connectivity index (χ1n) is 6.21. The van der Waals surface area contributed by atoms with E-state index in [0.717, 1.165) is 21.2 Å². The molecular weight excluding hydrogens is 354 g/mol. The van der Waals surface area contributed by atoms with E-state index < -0.39 is 0 Å². The van der Waals surface area contributed by atoms with Crippen molar-refractivity contribution >= 4 is 33.2 Å². The SMILES string of the molecule is Cc1c(N)cccc1-c1nc(-c2ccc(Cl)c(Br)c2)no1. The number of benzene rings is 2. The van der Waals surface area contributed by atoms with Crippen LogP contribution in [0.1, 0.15) is 5.56 Å². The van der Waals surface area contributed by atoms with Gasteiger partial charge in [0.15, 0.2) is 0 Å². The Morgan fingerprint density at radius 3 is 2.81 bits per heavy atom. The first-order valence-corrected chi connectivity index (χ1v) is 7.38. The Balaban J connectivity index is 2.03. The first kappa shape index (κ1) is 14.1. The van der Waals surface area contributed by atoms with E-state index in [0.29, 0.717) is 22.4 Å². The monoisotopic (exact) mass is 363 g/mol. The van der Waals surface area contributed by atoms with E-state index in [2.05, 4.69) is 26.1 Å². The summed E-state index contributed by atoms with van der Waals surface area (Å²) >= 11 is 9.36. The van der Waals surface area contributed by atoms with Crippen LogP contribution in [-0.4, -0.2) is 10.1 Å². The van der Waals surface area contributed by atoms with E-state index in [4.69, 9.17) is 21.9 Å². The highest BCUT2D eigenvalue weighted by Crippen LogP contribution is 2.30.